The molecule has 1 aromatic rings. The fraction of sp³-hybridized carbons (Fsp3) is 0.385. The van der Waals surface area contributed by atoms with Crippen LogP contribution in [0.15, 0.2) is 29.4 Å². The highest BCUT2D eigenvalue weighted by molar-refractivity contribution is 7.80. The number of nitrogens with zero attached hydrogens (tertiary/aromatic N) is 1. The lowest BCUT2D eigenvalue weighted by atomic mass is 10.1. The van der Waals surface area contributed by atoms with Gasteiger partial charge in [0.2, 0.25) is 0 Å². The third-order valence-corrected chi connectivity index (χ3v) is 2.59. The van der Waals surface area contributed by atoms with Gasteiger partial charge in [-0.05, 0) is 55.4 Å². The Bertz CT molecular complexity index is 415. The highest BCUT2D eigenvalue weighted by atomic mass is 32.1. The zero-order valence-corrected chi connectivity index (χ0v) is 11.8. The summed E-state index contributed by atoms with van der Waals surface area (Å²) in [5, 5.41) is 7.47. The average Bonchev–Trinajstić information content (AvgIpc) is 2.42. The summed E-state index contributed by atoms with van der Waals surface area (Å²) in [7, 11) is 1.75. The number of nitrogens with one attached hydrogen (secondary N) is 2. The molecule has 0 aromatic heterocycles. The first-order chi connectivity index (χ1) is 8.67. The van der Waals surface area contributed by atoms with E-state index in [2.05, 4.69) is 22.8 Å². The first-order valence-corrected chi connectivity index (χ1v) is 6.33. The molecule has 0 unspecified atom stereocenters. The molecule has 0 spiro atoms. The van der Waals surface area contributed by atoms with Gasteiger partial charge in [-0.25, -0.2) is 0 Å². The van der Waals surface area contributed by atoms with Crippen molar-refractivity contribution in [1.82, 2.24) is 10.7 Å². The number of hydrogen-bond acceptors (Lipinski definition) is 3. The molecule has 0 heterocycles. The van der Waals surface area contributed by atoms with Crippen LogP contribution >= 0.6 is 12.2 Å². The average molecular weight is 265 g/mol. The van der Waals surface area contributed by atoms with Gasteiger partial charge < -0.3 is 10.1 Å². The highest BCUT2D eigenvalue weighted by Crippen LogP contribution is 2.12. The molecule has 2 N–H and O–H groups in total. The molecule has 0 amide bonds. The van der Waals surface area contributed by atoms with Gasteiger partial charge >= 0.3 is 0 Å². The Morgan fingerprint density at radius 1 is 1.33 bits per heavy atom. The fourth-order valence-electron chi connectivity index (χ4n) is 1.27. The van der Waals surface area contributed by atoms with Crippen molar-refractivity contribution < 1.29 is 4.74 Å². The van der Waals surface area contributed by atoms with Crippen molar-refractivity contribution >= 4 is 23.0 Å². The van der Waals surface area contributed by atoms with Gasteiger partial charge in [-0.15, -0.1) is 0 Å². The summed E-state index contributed by atoms with van der Waals surface area (Å²) in [6.45, 7) is 4.75. The standard InChI is InChI=1S/C13H19N3OS/c1-4-9-17-12-7-5-11(6-8-12)10(2)15-16-13(18)14-3/h5-8H,4,9H2,1-3H3,(H2,14,16,18)/b15-10+. The number of hydrazone groups is 1. The highest BCUT2D eigenvalue weighted by Gasteiger charge is 1.99. The quantitative estimate of drug-likeness (QED) is 0.487. The predicted molar refractivity (Wildman–Crippen MR) is 79.2 cm³/mol. The van der Waals surface area contributed by atoms with Crippen molar-refractivity contribution in [2.75, 3.05) is 13.7 Å². The van der Waals surface area contributed by atoms with Crippen LogP contribution in [0.5, 0.6) is 5.75 Å². The van der Waals surface area contributed by atoms with Gasteiger partial charge in [0.15, 0.2) is 5.11 Å². The third kappa shape index (κ3) is 4.71. The van der Waals surface area contributed by atoms with E-state index in [0.717, 1.165) is 30.1 Å². The molecular weight excluding hydrogens is 246 g/mol. The van der Waals surface area contributed by atoms with E-state index in [4.69, 9.17) is 17.0 Å². The normalized spacial score (nSPS) is 10.9. The zero-order valence-electron chi connectivity index (χ0n) is 11.0. The van der Waals surface area contributed by atoms with Gasteiger partial charge in [-0.2, -0.15) is 5.10 Å². The summed E-state index contributed by atoms with van der Waals surface area (Å²) in [5.74, 6) is 0.882. The van der Waals surface area contributed by atoms with Crippen LogP contribution in [0.2, 0.25) is 0 Å². The molecule has 0 saturated carbocycles. The Kier molecular flexibility index (Phi) is 6.14. The lowest BCUT2D eigenvalue weighted by molar-refractivity contribution is 0.317. The van der Waals surface area contributed by atoms with Crippen LogP contribution in [-0.4, -0.2) is 24.5 Å². The molecule has 0 aliphatic rings. The Balaban J connectivity index is 2.63. The van der Waals surface area contributed by atoms with Crippen molar-refractivity contribution in [3.63, 3.8) is 0 Å². The summed E-state index contributed by atoms with van der Waals surface area (Å²) in [4.78, 5) is 0. The maximum Gasteiger partial charge on any atom is 0.186 e. The Morgan fingerprint density at radius 2 is 2.00 bits per heavy atom. The van der Waals surface area contributed by atoms with Crippen LogP contribution < -0.4 is 15.5 Å². The maximum atomic E-state index is 5.52. The molecule has 18 heavy (non-hydrogen) atoms. The van der Waals surface area contributed by atoms with Crippen molar-refractivity contribution in [3.8, 4) is 5.75 Å². The Labute approximate surface area is 113 Å². The molecule has 0 radical (unpaired) electrons. The van der Waals surface area contributed by atoms with Crippen LogP contribution in [0.3, 0.4) is 0 Å². The zero-order chi connectivity index (χ0) is 13.4. The molecule has 1 aromatic carbocycles. The van der Waals surface area contributed by atoms with E-state index in [1.807, 2.05) is 31.2 Å². The lowest BCUT2D eigenvalue weighted by Crippen LogP contribution is -2.29. The molecular formula is C13H19N3OS. The van der Waals surface area contributed by atoms with Gasteiger partial charge in [-0.1, -0.05) is 6.92 Å². The van der Waals surface area contributed by atoms with E-state index in [1.165, 1.54) is 0 Å². The minimum absolute atomic E-state index is 0.497. The van der Waals surface area contributed by atoms with Crippen molar-refractivity contribution in [2.45, 2.75) is 20.3 Å². The molecule has 0 aliphatic heterocycles. The van der Waals surface area contributed by atoms with E-state index < -0.39 is 0 Å². The Morgan fingerprint density at radius 3 is 2.56 bits per heavy atom. The topological polar surface area (TPSA) is 45.6 Å². The van der Waals surface area contributed by atoms with Gasteiger partial charge in [0.25, 0.3) is 0 Å². The van der Waals surface area contributed by atoms with E-state index in [1.54, 1.807) is 7.05 Å². The van der Waals surface area contributed by atoms with E-state index in [0.29, 0.717) is 5.11 Å². The van der Waals surface area contributed by atoms with Crippen LogP contribution in [0.25, 0.3) is 0 Å². The summed E-state index contributed by atoms with van der Waals surface area (Å²) in [6, 6.07) is 7.85. The van der Waals surface area contributed by atoms with E-state index in [9.17, 15) is 0 Å². The SMILES string of the molecule is CCCOc1ccc(/C(C)=N/NC(=S)NC)cc1. The van der Waals surface area contributed by atoms with E-state index >= 15 is 0 Å². The number of benzene rings is 1. The maximum absolute atomic E-state index is 5.52. The molecule has 0 fully saturated rings. The third-order valence-electron chi connectivity index (χ3n) is 2.30. The van der Waals surface area contributed by atoms with Crippen molar-refractivity contribution in [3.05, 3.63) is 29.8 Å². The molecule has 0 atom stereocenters. The van der Waals surface area contributed by atoms with Crippen LogP contribution in [0, 0.1) is 0 Å². The van der Waals surface area contributed by atoms with Gasteiger partial charge in [-0.3, -0.25) is 5.43 Å². The minimum atomic E-state index is 0.497. The first kappa shape index (κ1) is 14.4. The second-order valence-corrected chi connectivity index (χ2v) is 4.17. The fourth-order valence-corrected chi connectivity index (χ4v) is 1.31. The monoisotopic (exact) mass is 265 g/mol. The molecule has 98 valence electrons. The van der Waals surface area contributed by atoms with Crippen LogP contribution in [0.1, 0.15) is 25.8 Å². The van der Waals surface area contributed by atoms with E-state index in [-0.39, 0.29) is 0 Å². The molecule has 0 saturated heterocycles. The largest absolute Gasteiger partial charge is 0.494 e. The lowest BCUT2D eigenvalue weighted by Gasteiger charge is -2.06. The molecule has 1 rings (SSSR count). The number of ether oxygens (including phenoxy) is 1. The number of thiocarbonyl (C=S) groups is 1. The molecule has 0 bridgehead atoms. The summed E-state index contributed by atoms with van der Waals surface area (Å²) < 4.78 is 5.52. The minimum Gasteiger partial charge on any atom is -0.494 e. The number of rotatable bonds is 5. The van der Waals surface area contributed by atoms with Crippen LogP contribution in [0.4, 0.5) is 0 Å². The number of hydrogen-bond donors (Lipinski definition) is 2. The molecule has 4 nitrogen and oxygen atoms in total. The summed E-state index contributed by atoms with van der Waals surface area (Å²) >= 11 is 4.94. The summed E-state index contributed by atoms with van der Waals surface area (Å²) in [5.41, 5.74) is 4.66. The summed E-state index contributed by atoms with van der Waals surface area (Å²) in [6.07, 6.45) is 1.01. The van der Waals surface area contributed by atoms with Crippen molar-refractivity contribution in [1.29, 1.82) is 0 Å². The van der Waals surface area contributed by atoms with Crippen LogP contribution in [-0.2, 0) is 0 Å². The van der Waals surface area contributed by atoms with Crippen molar-refractivity contribution in [2.24, 2.45) is 5.10 Å². The molecule has 0 aliphatic carbocycles. The van der Waals surface area contributed by atoms with Gasteiger partial charge in [0.05, 0.1) is 12.3 Å². The predicted octanol–water partition coefficient (Wildman–Crippen LogP) is 2.29. The van der Waals surface area contributed by atoms with Gasteiger partial charge in [0, 0.05) is 7.05 Å². The second kappa shape index (κ2) is 7.66. The van der Waals surface area contributed by atoms with Gasteiger partial charge in [0.1, 0.15) is 5.75 Å². The first-order valence-electron chi connectivity index (χ1n) is 5.92. The Hall–Kier alpha value is -1.62. The second-order valence-electron chi connectivity index (χ2n) is 3.76. The molecule has 5 heteroatoms. The smallest absolute Gasteiger partial charge is 0.186 e.